The molecule has 0 aromatic heterocycles. The monoisotopic (exact) mass is 287 g/mol. The molecule has 0 saturated carbocycles. The molecule has 1 atom stereocenters. The van der Waals surface area contributed by atoms with Gasteiger partial charge in [0.2, 0.25) is 0 Å². The van der Waals surface area contributed by atoms with E-state index in [0.29, 0.717) is 5.56 Å². The van der Waals surface area contributed by atoms with Gasteiger partial charge < -0.3 is 15.6 Å². The zero-order valence-electron chi connectivity index (χ0n) is 8.94. The van der Waals surface area contributed by atoms with Crippen LogP contribution in [0.1, 0.15) is 17.9 Å². The molecule has 4 nitrogen and oxygen atoms in total. The Labute approximate surface area is 103 Å². The van der Waals surface area contributed by atoms with E-state index in [0.717, 1.165) is 4.47 Å². The minimum Gasteiger partial charge on any atom is -0.508 e. The molecule has 1 aromatic carbocycles. The van der Waals surface area contributed by atoms with Crippen molar-refractivity contribution >= 4 is 21.9 Å². The molecule has 16 heavy (non-hydrogen) atoms. The summed E-state index contributed by atoms with van der Waals surface area (Å²) in [6.45, 7) is 0.282. The molecule has 0 radical (unpaired) electrons. The van der Waals surface area contributed by atoms with Crippen LogP contribution in [0.5, 0.6) is 5.75 Å². The Bertz CT molecular complexity index is 381. The fourth-order valence-electron chi connectivity index (χ4n) is 1.47. The maximum Gasteiger partial charge on any atom is 0.306 e. The maximum atomic E-state index is 11.2. The lowest BCUT2D eigenvalue weighted by molar-refractivity contribution is -0.141. The number of ether oxygens (including phenoxy) is 1. The predicted molar refractivity (Wildman–Crippen MR) is 64.2 cm³/mol. The fourth-order valence-corrected chi connectivity index (χ4v) is 1.82. The van der Waals surface area contributed by atoms with Crippen LogP contribution in [0.15, 0.2) is 22.7 Å². The van der Waals surface area contributed by atoms with Gasteiger partial charge in [0.25, 0.3) is 0 Å². The largest absolute Gasteiger partial charge is 0.508 e. The first-order chi connectivity index (χ1) is 7.58. The topological polar surface area (TPSA) is 72.5 Å². The van der Waals surface area contributed by atoms with Crippen LogP contribution >= 0.6 is 15.9 Å². The number of benzene rings is 1. The maximum absolute atomic E-state index is 11.2. The highest BCUT2D eigenvalue weighted by Crippen LogP contribution is 2.30. The van der Waals surface area contributed by atoms with E-state index >= 15 is 0 Å². The first-order valence-electron chi connectivity index (χ1n) is 4.83. The van der Waals surface area contributed by atoms with Gasteiger partial charge in [-0.1, -0.05) is 22.0 Å². The molecule has 0 aliphatic carbocycles. The molecule has 0 aliphatic heterocycles. The zero-order chi connectivity index (χ0) is 12.1. The number of nitrogens with two attached hydrogens (primary N) is 1. The molecular formula is C11H14BrNO3. The van der Waals surface area contributed by atoms with Gasteiger partial charge in [-0.05, 0) is 24.2 Å². The second-order valence-electron chi connectivity index (χ2n) is 3.42. The number of rotatable bonds is 4. The molecule has 5 heteroatoms. The van der Waals surface area contributed by atoms with Crippen molar-refractivity contribution in [3.05, 3.63) is 28.2 Å². The highest BCUT2D eigenvalue weighted by atomic mass is 79.9. The second kappa shape index (κ2) is 5.86. The number of carbonyl (C=O) groups excluding carboxylic acids is 1. The smallest absolute Gasteiger partial charge is 0.306 e. The van der Waals surface area contributed by atoms with Crippen molar-refractivity contribution in [1.29, 1.82) is 0 Å². The van der Waals surface area contributed by atoms with Crippen molar-refractivity contribution < 1.29 is 14.6 Å². The number of aromatic hydroxyl groups is 1. The molecule has 1 rings (SSSR count). The standard InChI is InChI=1S/C11H14BrNO3/c1-16-11(15)4-7(6-13)9-3-2-8(12)5-10(9)14/h2-3,5,7,14H,4,6,13H2,1H3. The Morgan fingerprint density at radius 2 is 2.31 bits per heavy atom. The number of halogens is 1. The number of hydrogen-bond acceptors (Lipinski definition) is 4. The zero-order valence-corrected chi connectivity index (χ0v) is 10.5. The normalized spacial score (nSPS) is 12.2. The van der Waals surface area contributed by atoms with Crippen LogP contribution in [0.3, 0.4) is 0 Å². The van der Waals surface area contributed by atoms with Crippen LogP contribution in [-0.4, -0.2) is 24.7 Å². The Hall–Kier alpha value is -1.07. The van der Waals surface area contributed by atoms with Gasteiger partial charge in [0, 0.05) is 10.4 Å². The van der Waals surface area contributed by atoms with E-state index in [1.54, 1.807) is 18.2 Å². The Balaban J connectivity index is 2.90. The van der Waals surface area contributed by atoms with E-state index in [1.165, 1.54) is 7.11 Å². The van der Waals surface area contributed by atoms with Gasteiger partial charge in [-0.3, -0.25) is 4.79 Å². The molecule has 3 N–H and O–H groups in total. The molecule has 0 bridgehead atoms. The summed E-state index contributed by atoms with van der Waals surface area (Å²) in [6.07, 6.45) is 0.169. The van der Waals surface area contributed by atoms with Gasteiger partial charge in [-0.15, -0.1) is 0 Å². The summed E-state index contributed by atoms with van der Waals surface area (Å²) in [5.74, 6) is -0.424. The summed E-state index contributed by atoms with van der Waals surface area (Å²) < 4.78 is 5.36. The first kappa shape index (κ1) is 13.0. The molecule has 0 heterocycles. The van der Waals surface area contributed by atoms with Crippen molar-refractivity contribution in [3.63, 3.8) is 0 Å². The van der Waals surface area contributed by atoms with Crippen LogP contribution in [-0.2, 0) is 9.53 Å². The summed E-state index contributed by atoms with van der Waals surface area (Å²) in [5.41, 5.74) is 6.25. The van der Waals surface area contributed by atoms with Crippen LogP contribution in [0.2, 0.25) is 0 Å². The SMILES string of the molecule is COC(=O)CC(CN)c1ccc(Br)cc1O. The average Bonchev–Trinajstić information content (AvgIpc) is 2.26. The van der Waals surface area contributed by atoms with E-state index in [1.807, 2.05) is 0 Å². The lowest BCUT2D eigenvalue weighted by Gasteiger charge is -2.15. The van der Waals surface area contributed by atoms with Crippen molar-refractivity contribution in [2.45, 2.75) is 12.3 Å². The highest BCUT2D eigenvalue weighted by Gasteiger charge is 2.18. The first-order valence-corrected chi connectivity index (χ1v) is 5.63. The van der Waals surface area contributed by atoms with Crippen LogP contribution in [0, 0.1) is 0 Å². The van der Waals surface area contributed by atoms with Gasteiger partial charge in [0.05, 0.1) is 13.5 Å². The number of phenols is 1. The van der Waals surface area contributed by atoms with E-state index in [4.69, 9.17) is 5.73 Å². The minimum atomic E-state index is -0.335. The number of phenolic OH excluding ortho intramolecular Hbond substituents is 1. The number of hydrogen-bond donors (Lipinski definition) is 2. The summed E-state index contributed by atoms with van der Waals surface area (Å²) in [5, 5.41) is 9.74. The molecule has 0 saturated heterocycles. The van der Waals surface area contributed by atoms with E-state index in [-0.39, 0.29) is 30.6 Å². The Morgan fingerprint density at radius 3 is 2.81 bits per heavy atom. The lowest BCUT2D eigenvalue weighted by atomic mass is 9.95. The van der Waals surface area contributed by atoms with Gasteiger partial charge in [-0.25, -0.2) is 0 Å². The van der Waals surface area contributed by atoms with Gasteiger partial charge in [0.15, 0.2) is 0 Å². The molecule has 0 amide bonds. The van der Waals surface area contributed by atoms with Crippen molar-refractivity contribution in [2.75, 3.05) is 13.7 Å². The Morgan fingerprint density at radius 1 is 1.62 bits per heavy atom. The molecule has 88 valence electrons. The molecule has 0 aliphatic rings. The van der Waals surface area contributed by atoms with Gasteiger partial charge >= 0.3 is 5.97 Å². The predicted octanol–water partition coefficient (Wildman–Crippen LogP) is 1.76. The molecular weight excluding hydrogens is 274 g/mol. The summed E-state index contributed by atoms with van der Waals surface area (Å²) in [7, 11) is 1.33. The highest BCUT2D eigenvalue weighted by molar-refractivity contribution is 9.10. The number of carbonyl (C=O) groups is 1. The summed E-state index contributed by atoms with van der Waals surface area (Å²) in [4.78, 5) is 11.2. The fraction of sp³-hybridized carbons (Fsp3) is 0.364. The third-order valence-electron chi connectivity index (χ3n) is 2.36. The third kappa shape index (κ3) is 3.21. The number of methoxy groups -OCH3 is 1. The quantitative estimate of drug-likeness (QED) is 0.828. The van der Waals surface area contributed by atoms with Gasteiger partial charge in [0.1, 0.15) is 5.75 Å². The summed E-state index contributed by atoms with van der Waals surface area (Å²) in [6, 6.07) is 5.13. The van der Waals surface area contributed by atoms with Crippen LogP contribution < -0.4 is 5.73 Å². The van der Waals surface area contributed by atoms with Crippen LogP contribution in [0.25, 0.3) is 0 Å². The second-order valence-corrected chi connectivity index (χ2v) is 4.33. The minimum absolute atomic E-state index is 0.133. The number of esters is 1. The van der Waals surface area contributed by atoms with Crippen molar-refractivity contribution in [2.24, 2.45) is 5.73 Å². The van der Waals surface area contributed by atoms with E-state index in [2.05, 4.69) is 20.7 Å². The van der Waals surface area contributed by atoms with Crippen molar-refractivity contribution in [3.8, 4) is 5.75 Å². The lowest BCUT2D eigenvalue weighted by Crippen LogP contribution is -2.17. The van der Waals surface area contributed by atoms with E-state index in [9.17, 15) is 9.90 Å². The van der Waals surface area contributed by atoms with Crippen LogP contribution in [0.4, 0.5) is 0 Å². The van der Waals surface area contributed by atoms with E-state index < -0.39 is 0 Å². The average molecular weight is 288 g/mol. The molecule has 0 fully saturated rings. The third-order valence-corrected chi connectivity index (χ3v) is 2.85. The molecule has 1 aromatic rings. The van der Waals surface area contributed by atoms with Gasteiger partial charge in [-0.2, -0.15) is 0 Å². The molecule has 0 spiro atoms. The molecule has 1 unspecified atom stereocenters. The van der Waals surface area contributed by atoms with Crippen molar-refractivity contribution in [1.82, 2.24) is 0 Å². The Kier molecular flexibility index (Phi) is 4.76. The summed E-state index contributed by atoms with van der Waals surface area (Å²) >= 11 is 3.25.